The van der Waals surface area contributed by atoms with Gasteiger partial charge in [-0.25, -0.2) is 0 Å². The fraction of sp³-hybridized carbons (Fsp3) is 0.769. The predicted octanol–water partition coefficient (Wildman–Crippen LogP) is 0.200. The number of hydrogen-bond acceptors (Lipinski definition) is 3. The van der Waals surface area contributed by atoms with Crippen LogP contribution in [0.2, 0.25) is 0 Å². The maximum Gasteiger partial charge on any atom is 0.221 e. The number of nitrogens with one attached hydrogen (secondary N) is 2. The number of carbonyl (C=O) groups is 1. The molecular formula is C13H23N3O. The number of terminal acetylenes is 1. The third-order valence-corrected chi connectivity index (χ3v) is 3.06. The first-order valence-electron chi connectivity index (χ1n) is 6.42. The maximum absolute atomic E-state index is 11.2. The lowest BCUT2D eigenvalue weighted by molar-refractivity contribution is -0.120. The van der Waals surface area contributed by atoms with Gasteiger partial charge in [0.1, 0.15) is 0 Å². The van der Waals surface area contributed by atoms with Crippen LogP contribution in [0.15, 0.2) is 0 Å². The van der Waals surface area contributed by atoms with Crippen molar-refractivity contribution in [3.05, 3.63) is 0 Å². The molecule has 4 heteroatoms. The van der Waals surface area contributed by atoms with Crippen LogP contribution < -0.4 is 10.6 Å². The standard InChI is InChI=1S/C13H23N3O/c1-3-9-16-10-6-12(7-11-16)15-8-5-13(17)14-4-2/h1,12,15H,4-11H2,2H3,(H,14,17). The Hall–Kier alpha value is -1.05. The largest absolute Gasteiger partial charge is 0.356 e. The molecule has 0 aromatic carbocycles. The average molecular weight is 237 g/mol. The summed E-state index contributed by atoms with van der Waals surface area (Å²) in [6.07, 6.45) is 8.10. The first-order valence-corrected chi connectivity index (χ1v) is 6.42. The fourth-order valence-electron chi connectivity index (χ4n) is 2.10. The van der Waals surface area contributed by atoms with E-state index in [9.17, 15) is 4.79 Å². The van der Waals surface area contributed by atoms with Crippen molar-refractivity contribution in [3.63, 3.8) is 0 Å². The van der Waals surface area contributed by atoms with E-state index < -0.39 is 0 Å². The van der Waals surface area contributed by atoms with Crippen LogP contribution in [0.1, 0.15) is 26.2 Å². The molecule has 0 aliphatic carbocycles. The second kappa shape index (κ2) is 8.10. The van der Waals surface area contributed by atoms with Crippen LogP contribution in [0.25, 0.3) is 0 Å². The third-order valence-electron chi connectivity index (χ3n) is 3.06. The van der Waals surface area contributed by atoms with Gasteiger partial charge in [0, 0.05) is 38.6 Å². The monoisotopic (exact) mass is 237 g/mol. The number of likely N-dealkylation sites (tertiary alicyclic amines) is 1. The second-order valence-corrected chi connectivity index (χ2v) is 4.41. The summed E-state index contributed by atoms with van der Waals surface area (Å²) in [6.45, 7) is 6.29. The maximum atomic E-state index is 11.2. The number of nitrogens with zero attached hydrogens (tertiary/aromatic N) is 1. The summed E-state index contributed by atoms with van der Waals surface area (Å²) < 4.78 is 0. The summed E-state index contributed by atoms with van der Waals surface area (Å²) >= 11 is 0. The van der Waals surface area contributed by atoms with Gasteiger partial charge in [0.25, 0.3) is 0 Å². The smallest absolute Gasteiger partial charge is 0.221 e. The number of carbonyl (C=O) groups excluding carboxylic acids is 1. The van der Waals surface area contributed by atoms with Crippen LogP contribution in [-0.4, -0.2) is 49.6 Å². The van der Waals surface area contributed by atoms with E-state index in [-0.39, 0.29) is 5.91 Å². The van der Waals surface area contributed by atoms with Gasteiger partial charge in [0.05, 0.1) is 6.54 Å². The molecule has 0 aromatic heterocycles. The van der Waals surface area contributed by atoms with Crippen LogP contribution >= 0.6 is 0 Å². The molecule has 1 amide bonds. The predicted molar refractivity (Wildman–Crippen MR) is 69.6 cm³/mol. The summed E-state index contributed by atoms with van der Waals surface area (Å²) in [7, 11) is 0. The van der Waals surface area contributed by atoms with Gasteiger partial charge >= 0.3 is 0 Å². The van der Waals surface area contributed by atoms with E-state index in [1.54, 1.807) is 0 Å². The molecule has 0 saturated carbocycles. The molecule has 0 atom stereocenters. The van der Waals surface area contributed by atoms with E-state index in [2.05, 4.69) is 21.5 Å². The number of hydrogen-bond donors (Lipinski definition) is 2. The highest BCUT2D eigenvalue weighted by molar-refractivity contribution is 5.75. The lowest BCUT2D eigenvalue weighted by Crippen LogP contribution is -2.43. The zero-order valence-corrected chi connectivity index (χ0v) is 10.7. The molecular weight excluding hydrogens is 214 g/mol. The minimum Gasteiger partial charge on any atom is -0.356 e. The van der Waals surface area contributed by atoms with Crippen LogP contribution in [0, 0.1) is 12.3 Å². The second-order valence-electron chi connectivity index (χ2n) is 4.41. The SMILES string of the molecule is C#CCN1CCC(NCCC(=O)NCC)CC1. The molecule has 0 aromatic rings. The Labute approximate surface area is 104 Å². The molecule has 1 fully saturated rings. The molecule has 1 saturated heterocycles. The summed E-state index contributed by atoms with van der Waals surface area (Å²) in [5, 5.41) is 6.23. The average Bonchev–Trinajstić information content (AvgIpc) is 2.32. The lowest BCUT2D eigenvalue weighted by Gasteiger charge is -2.31. The molecule has 0 radical (unpaired) electrons. The van der Waals surface area contributed by atoms with Crippen LogP contribution in [-0.2, 0) is 4.79 Å². The molecule has 1 heterocycles. The molecule has 17 heavy (non-hydrogen) atoms. The highest BCUT2D eigenvalue weighted by Crippen LogP contribution is 2.09. The minimum atomic E-state index is 0.129. The first kappa shape index (κ1) is 14.0. The quantitative estimate of drug-likeness (QED) is 0.649. The number of rotatable bonds is 6. The van der Waals surface area contributed by atoms with Gasteiger partial charge in [-0.15, -0.1) is 6.42 Å². The highest BCUT2D eigenvalue weighted by atomic mass is 16.1. The van der Waals surface area contributed by atoms with Crippen molar-refractivity contribution in [2.45, 2.75) is 32.2 Å². The normalized spacial score (nSPS) is 17.6. The van der Waals surface area contributed by atoms with E-state index in [1.807, 2.05) is 6.92 Å². The zero-order valence-electron chi connectivity index (χ0n) is 10.7. The minimum absolute atomic E-state index is 0.129. The summed E-state index contributed by atoms with van der Waals surface area (Å²) in [5.41, 5.74) is 0. The van der Waals surface area contributed by atoms with Gasteiger partial charge in [-0.05, 0) is 19.8 Å². The Morgan fingerprint density at radius 1 is 1.47 bits per heavy atom. The topological polar surface area (TPSA) is 44.4 Å². The van der Waals surface area contributed by atoms with E-state index in [0.29, 0.717) is 19.0 Å². The van der Waals surface area contributed by atoms with Crippen molar-refractivity contribution >= 4 is 5.91 Å². The van der Waals surface area contributed by atoms with Gasteiger partial charge in [-0.3, -0.25) is 9.69 Å². The molecule has 1 rings (SSSR count). The molecule has 96 valence electrons. The van der Waals surface area contributed by atoms with Crippen LogP contribution in [0.3, 0.4) is 0 Å². The number of piperidine rings is 1. The van der Waals surface area contributed by atoms with Crippen molar-refractivity contribution < 1.29 is 4.79 Å². The zero-order chi connectivity index (χ0) is 12.5. The molecule has 1 aliphatic heterocycles. The van der Waals surface area contributed by atoms with Crippen LogP contribution in [0.5, 0.6) is 0 Å². The van der Waals surface area contributed by atoms with Gasteiger partial charge in [0.15, 0.2) is 0 Å². The molecule has 1 aliphatic rings. The van der Waals surface area contributed by atoms with Crippen molar-refractivity contribution in [3.8, 4) is 12.3 Å². The lowest BCUT2D eigenvalue weighted by atomic mass is 10.1. The molecule has 4 nitrogen and oxygen atoms in total. The third kappa shape index (κ3) is 5.71. The molecule has 0 spiro atoms. The molecule has 0 bridgehead atoms. The van der Waals surface area contributed by atoms with Gasteiger partial charge in [-0.1, -0.05) is 5.92 Å². The highest BCUT2D eigenvalue weighted by Gasteiger charge is 2.17. The summed E-state index contributed by atoms with van der Waals surface area (Å²) in [4.78, 5) is 13.5. The van der Waals surface area contributed by atoms with Crippen molar-refractivity contribution in [2.75, 3.05) is 32.7 Å². The van der Waals surface area contributed by atoms with Crippen LogP contribution in [0.4, 0.5) is 0 Å². The Kier molecular flexibility index (Phi) is 6.68. The Balaban J connectivity index is 2.06. The van der Waals surface area contributed by atoms with E-state index in [4.69, 9.17) is 6.42 Å². The van der Waals surface area contributed by atoms with Gasteiger partial charge < -0.3 is 10.6 Å². The van der Waals surface area contributed by atoms with E-state index in [0.717, 1.165) is 39.0 Å². The van der Waals surface area contributed by atoms with Crippen molar-refractivity contribution in [1.29, 1.82) is 0 Å². The number of amides is 1. The van der Waals surface area contributed by atoms with Crippen molar-refractivity contribution in [1.82, 2.24) is 15.5 Å². The van der Waals surface area contributed by atoms with E-state index >= 15 is 0 Å². The molecule has 2 N–H and O–H groups in total. The van der Waals surface area contributed by atoms with Gasteiger partial charge in [-0.2, -0.15) is 0 Å². The summed E-state index contributed by atoms with van der Waals surface area (Å²) in [5.74, 6) is 2.81. The first-order chi connectivity index (χ1) is 8.26. The Morgan fingerprint density at radius 2 is 2.18 bits per heavy atom. The molecule has 0 unspecified atom stereocenters. The van der Waals surface area contributed by atoms with Gasteiger partial charge in [0.2, 0.25) is 5.91 Å². The van der Waals surface area contributed by atoms with Crippen molar-refractivity contribution in [2.24, 2.45) is 0 Å². The fourth-order valence-corrected chi connectivity index (χ4v) is 2.10. The Bertz CT molecular complexity index is 264. The summed E-state index contributed by atoms with van der Waals surface area (Å²) in [6, 6.07) is 0.540. The van der Waals surface area contributed by atoms with E-state index in [1.165, 1.54) is 0 Å². The Morgan fingerprint density at radius 3 is 2.76 bits per heavy atom.